The van der Waals surface area contributed by atoms with Crippen molar-refractivity contribution >= 4 is 17.5 Å². The number of aromatic nitrogens is 2. The summed E-state index contributed by atoms with van der Waals surface area (Å²) in [6.07, 6.45) is 2.04. The Hall–Kier alpha value is -3.45. The fraction of sp³-hybridized carbons (Fsp3) is 0.320. The molecule has 2 aliphatic heterocycles. The molecule has 0 aliphatic carbocycles. The summed E-state index contributed by atoms with van der Waals surface area (Å²) in [6.45, 7) is 3.65. The van der Waals surface area contributed by atoms with E-state index in [9.17, 15) is 9.59 Å². The maximum atomic E-state index is 13.5. The van der Waals surface area contributed by atoms with E-state index in [4.69, 9.17) is 0 Å². The van der Waals surface area contributed by atoms with Crippen LogP contribution in [-0.4, -0.2) is 71.2 Å². The molecule has 2 aromatic carbocycles. The molecule has 0 spiro atoms. The predicted octanol–water partition coefficient (Wildman–Crippen LogP) is 2.78. The Morgan fingerprint density at radius 1 is 0.906 bits per heavy atom. The maximum Gasteiger partial charge on any atom is 0.257 e. The number of benzene rings is 2. The van der Waals surface area contributed by atoms with Crippen molar-refractivity contribution in [2.75, 3.05) is 44.7 Å². The lowest BCUT2D eigenvalue weighted by Gasteiger charge is -2.32. The van der Waals surface area contributed by atoms with E-state index in [2.05, 4.69) is 17.0 Å². The Labute approximate surface area is 187 Å². The summed E-state index contributed by atoms with van der Waals surface area (Å²) in [4.78, 5) is 32.4. The fourth-order valence-corrected chi connectivity index (χ4v) is 4.62. The molecule has 0 saturated carbocycles. The summed E-state index contributed by atoms with van der Waals surface area (Å²) < 4.78 is 1.84. The first kappa shape index (κ1) is 20.5. The number of carbonyl (C=O) groups excluding carboxylic acids is 2. The number of nitrogens with zero attached hydrogens (tertiary/aromatic N) is 5. The van der Waals surface area contributed by atoms with Gasteiger partial charge in [0.1, 0.15) is 0 Å². The molecule has 164 valence electrons. The quantitative estimate of drug-likeness (QED) is 0.640. The number of hydrogen-bond acceptors (Lipinski definition) is 4. The zero-order valence-electron chi connectivity index (χ0n) is 18.2. The average molecular weight is 430 g/mol. The molecule has 1 aromatic heterocycles. The third-order valence-electron chi connectivity index (χ3n) is 6.41. The predicted molar refractivity (Wildman–Crippen MR) is 123 cm³/mol. The fourth-order valence-electron chi connectivity index (χ4n) is 4.62. The number of anilines is 1. The largest absolute Gasteiger partial charge is 0.336 e. The highest BCUT2D eigenvalue weighted by molar-refractivity contribution is 5.99. The molecule has 1 unspecified atom stereocenters. The van der Waals surface area contributed by atoms with Gasteiger partial charge in [0.25, 0.3) is 5.91 Å². The Kier molecular flexibility index (Phi) is 5.49. The minimum atomic E-state index is -0.114. The number of amides is 2. The number of piperazine rings is 1. The summed E-state index contributed by atoms with van der Waals surface area (Å²) >= 11 is 0. The first-order valence-corrected chi connectivity index (χ1v) is 11.1. The summed E-state index contributed by atoms with van der Waals surface area (Å²) in [5.41, 5.74) is 3.21. The normalized spacial score (nSPS) is 19.5. The molecule has 7 heteroatoms. The Bertz CT molecular complexity index is 1100. The monoisotopic (exact) mass is 429 g/mol. The van der Waals surface area contributed by atoms with E-state index in [1.54, 1.807) is 6.20 Å². The molecule has 2 saturated heterocycles. The van der Waals surface area contributed by atoms with Crippen LogP contribution >= 0.6 is 0 Å². The van der Waals surface area contributed by atoms with Crippen LogP contribution in [0.1, 0.15) is 28.4 Å². The van der Waals surface area contributed by atoms with Gasteiger partial charge in [-0.3, -0.25) is 9.59 Å². The van der Waals surface area contributed by atoms with Crippen molar-refractivity contribution in [1.29, 1.82) is 0 Å². The molecule has 0 radical (unpaired) electrons. The highest BCUT2D eigenvalue weighted by Gasteiger charge is 2.37. The second-order valence-electron chi connectivity index (χ2n) is 8.53. The van der Waals surface area contributed by atoms with E-state index in [0.29, 0.717) is 31.6 Å². The van der Waals surface area contributed by atoms with Gasteiger partial charge < -0.3 is 14.7 Å². The van der Waals surface area contributed by atoms with Gasteiger partial charge in [0.05, 0.1) is 23.1 Å². The molecule has 2 amide bonds. The summed E-state index contributed by atoms with van der Waals surface area (Å²) in [5.74, 6) is -0.0438. The molecule has 0 bridgehead atoms. The maximum absolute atomic E-state index is 13.5. The lowest BCUT2D eigenvalue weighted by atomic mass is 9.99. The van der Waals surface area contributed by atoms with E-state index in [0.717, 1.165) is 30.2 Å². The van der Waals surface area contributed by atoms with Crippen molar-refractivity contribution in [3.63, 3.8) is 0 Å². The van der Waals surface area contributed by atoms with Crippen LogP contribution in [-0.2, 0) is 4.79 Å². The first-order valence-electron chi connectivity index (χ1n) is 11.1. The summed E-state index contributed by atoms with van der Waals surface area (Å²) in [6, 6.07) is 19.5. The summed E-state index contributed by atoms with van der Waals surface area (Å²) in [5, 5.41) is 4.61. The molecule has 7 nitrogen and oxygen atoms in total. The third-order valence-corrected chi connectivity index (χ3v) is 6.41. The highest BCUT2D eigenvalue weighted by atomic mass is 16.2. The topological polar surface area (TPSA) is 61.7 Å². The average Bonchev–Trinajstić information content (AvgIpc) is 3.44. The molecular formula is C25H27N5O2. The third kappa shape index (κ3) is 3.80. The molecule has 0 N–H and O–H groups in total. The van der Waals surface area contributed by atoms with Crippen LogP contribution in [0.25, 0.3) is 5.69 Å². The number of likely N-dealkylation sites (N-methyl/N-ethyl adjacent to an activating group) is 1. The highest BCUT2D eigenvalue weighted by Crippen LogP contribution is 2.35. The molecule has 3 aromatic rings. The Balaban J connectivity index is 1.52. The smallest absolute Gasteiger partial charge is 0.257 e. The van der Waals surface area contributed by atoms with Crippen molar-refractivity contribution in [2.24, 2.45) is 0 Å². The van der Waals surface area contributed by atoms with Crippen LogP contribution in [0.2, 0.25) is 0 Å². The van der Waals surface area contributed by atoms with E-state index < -0.39 is 0 Å². The Morgan fingerprint density at radius 2 is 1.53 bits per heavy atom. The minimum absolute atomic E-state index is 0.000825. The van der Waals surface area contributed by atoms with Crippen LogP contribution in [0.15, 0.2) is 66.9 Å². The van der Waals surface area contributed by atoms with E-state index in [1.165, 1.54) is 0 Å². The zero-order chi connectivity index (χ0) is 22.1. The van der Waals surface area contributed by atoms with Crippen LogP contribution in [0.3, 0.4) is 0 Å². The van der Waals surface area contributed by atoms with E-state index in [-0.39, 0.29) is 17.7 Å². The van der Waals surface area contributed by atoms with Gasteiger partial charge >= 0.3 is 0 Å². The lowest BCUT2D eigenvalue weighted by Crippen LogP contribution is -2.47. The number of hydrogen-bond donors (Lipinski definition) is 0. The van der Waals surface area contributed by atoms with Gasteiger partial charge in [-0.05, 0) is 31.3 Å². The number of rotatable bonds is 4. The van der Waals surface area contributed by atoms with Crippen LogP contribution in [0.4, 0.5) is 5.69 Å². The second-order valence-corrected chi connectivity index (χ2v) is 8.53. The molecule has 2 fully saturated rings. The zero-order valence-corrected chi connectivity index (χ0v) is 18.2. The molecule has 3 heterocycles. The van der Waals surface area contributed by atoms with E-state index >= 15 is 0 Å². The Morgan fingerprint density at radius 3 is 2.19 bits per heavy atom. The van der Waals surface area contributed by atoms with Crippen molar-refractivity contribution in [2.45, 2.75) is 12.3 Å². The van der Waals surface area contributed by atoms with Crippen molar-refractivity contribution in [3.8, 4) is 5.69 Å². The van der Waals surface area contributed by atoms with Gasteiger partial charge in [0.15, 0.2) is 0 Å². The van der Waals surface area contributed by atoms with Gasteiger partial charge in [0.2, 0.25) is 5.91 Å². The molecule has 1 atom stereocenters. The van der Waals surface area contributed by atoms with Crippen molar-refractivity contribution in [3.05, 3.63) is 78.1 Å². The van der Waals surface area contributed by atoms with Gasteiger partial charge in [-0.2, -0.15) is 5.10 Å². The van der Waals surface area contributed by atoms with Crippen LogP contribution in [0, 0.1) is 0 Å². The second kappa shape index (κ2) is 8.59. The van der Waals surface area contributed by atoms with Gasteiger partial charge in [0, 0.05) is 50.7 Å². The lowest BCUT2D eigenvalue weighted by molar-refractivity contribution is -0.117. The van der Waals surface area contributed by atoms with Crippen LogP contribution in [0.5, 0.6) is 0 Å². The molecule has 32 heavy (non-hydrogen) atoms. The first-order chi connectivity index (χ1) is 15.6. The van der Waals surface area contributed by atoms with Gasteiger partial charge in [-0.25, -0.2) is 4.68 Å². The van der Waals surface area contributed by atoms with Crippen molar-refractivity contribution in [1.82, 2.24) is 19.6 Å². The summed E-state index contributed by atoms with van der Waals surface area (Å²) in [7, 11) is 2.07. The standard InChI is InChI=1S/C25H27N5O2/c1-27-12-14-28(15-13-27)25(32)22-17-26-30(21-10-6-3-7-11-21)24(22)19-16-23(31)29(18-19)20-8-4-2-5-9-20/h2-11,17,19H,12-16,18H2,1H3. The van der Waals surface area contributed by atoms with E-state index in [1.807, 2.05) is 75.1 Å². The molecule has 5 rings (SSSR count). The van der Waals surface area contributed by atoms with Gasteiger partial charge in [-0.1, -0.05) is 36.4 Å². The minimum Gasteiger partial charge on any atom is -0.336 e. The SMILES string of the molecule is CN1CCN(C(=O)c2cnn(-c3ccccc3)c2C2CC(=O)N(c3ccccc3)C2)CC1. The van der Waals surface area contributed by atoms with Gasteiger partial charge in [-0.15, -0.1) is 0 Å². The molecule has 2 aliphatic rings. The van der Waals surface area contributed by atoms with Crippen molar-refractivity contribution < 1.29 is 9.59 Å². The van der Waals surface area contributed by atoms with Crippen LogP contribution < -0.4 is 4.90 Å². The molecular weight excluding hydrogens is 402 g/mol. The number of para-hydroxylation sites is 2. The number of carbonyl (C=O) groups is 2.